The third-order valence-corrected chi connectivity index (χ3v) is 6.19. The highest BCUT2D eigenvalue weighted by molar-refractivity contribution is 5.68. The average Bonchev–Trinajstić information content (AvgIpc) is 3.43. The van der Waals surface area contributed by atoms with Crippen molar-refractivity contribution in [3.05, 3.63) is 71.1 Å². The molecule has 2 aromatic carbocycles. The topological polar surface area (TPSA) is 38.5 Å². The maximum Gasteiger partial charge on any atom is 0.141 e. The number of rotatable bonds is 4. The highest BCUT2D eigenvalue weighted by atomic mass is 16.5. The van der Waals surface area contributed by atoms with E-state index < -0.39 is 0 Å². The first kappa shape index (κ1) is 17.5. The third-order valence-electron chi connectivity index (χ3n) is 6.19. The van der Waals surface area contributed by atoms with E-state index in [2.05, 4.69) is 58.6 Å². The molecule has 5 rings (SSSR count). The van der Waals surface area contributed by atoms with Crippen LogP contribution in [0, 0.1) is 13.8 Å². The number of hydrogen-bond donors (Lipinski definition) is 0. The van der Waals surface area contributed by atoms with Gasteiger partial charge < -0.3 is 9.26 Å². The van der Waals surface area contributed by atoms with Crippen molar-refractivity contribution in [2.45, 2.75) is 45.3 Å². The lowest BCUT2D eigenvalue weighted by Gasteiger charge is -2.30. The molecule has 28 heavy (non-hydrogen) atoms. The lowest BCUT2D eigenvalue weighted by molar-refractivity contribution is 0.0941. The van der Waals surface area contributed by atoms with Crippen molar-refractivity contribution in [2.24, 2.45) is 0 Å². The van der Waals surface area contributed by atoms with Crippen molar-refractivity contribution >= 4 is 0 Å². The van der Waals surface area contributed by atoms with E-state index >= 15 is 0 Å². The number of ether oxygens (including phenoxy) is 1. The van der Waals surface area contributed by atoms with Gasteiger partial charge in [0.1, 0.15) is 17.6 Å². The fourth-order valence-electron chi connectivity index (χ4n) is 4.82. The molecule has 1 fully saturated rings. The second-order valence-electron chi connectivity index (χ2n) is 7.98. The number of nitrogens with zero attached hydrogens (tertiary/aromatic N) is 2. The predicted molar refractivity (Wildman–Crippen MR) is 110 cm³/mol. The molecule has 0 bridgehead atoms. The third kappa shape index (κ3) is 3.02. The Labute approximate surface area is 166 Å². The second-order valence-corrected chi connectivity index (χ2v) is 7.98. The van der Waals surface area contributed by atoms with E-state index in [-0.39, 0.29) is 6.10 Å². The minimum atomic E-state index is 0.0965. The summed E-state index contributed by atoms with van der Waals surface area (Å²) in [4.78, 5) is 2.61. The van der Waals surface area contributed by atoms with Crippen LogP contribution in [-0.4, -0.2) is 29.2 Å². The smallest absolute Gasteiger partial charge is 0.141 e. The first-order chi connectivity index (χ1) is 13.7. The van der Waals surface area contributed by atoms with Crippen molar-refractivity contribution in [3.8, 4) is 16.9 Å². The molecule has 1 unspecified atom stereocenters. The van der Waals surface area contributed by atoms with Crippen LogP contribution in [0.2, 0.25) is 0 Å². The molecule has 2 atom stereocenters. The highest BCUT2D eigenvalue weighted by Gasteiger charge is 2.38. The Morgan fingerprint density at radius 3 is 2.46 bits per heavy atom. The van der Waals surface area contributed by atoms with Gasteiger partial charge in [-0.25, -0.2) is 0 Å². The summed E-state index contributed by atoms with van der Waals surface area (Å²) in [5.74, 6) is 1.77. The number of benzene rings is 2. The van der Waals surface area contributed by atoms with E-state index in [1.807, 2.05) is 13.8 Å². The van der Waals surface area contributed by atoms with Crippen molar-refractivity contribution in [1.29, 1.82) is 0 Å². The minimum absolute atomic E-state index is 0.0965. The predicted octanol–water partition coefficient (Wildman–Crippen LogP) is 5.10. The van der Waals surface area contributed by atoms with Gasteiger partial charge in [0.2, 0.25) is 0 Å². The van der Waals surface area contributed by atoms with Crippen LogP contribution in [0.15, 0.2) is 53.1 Å². The van der Waals surface area contributed by atoms with Crippen LogP contribution in [0.4, 0.5) is 0 Å². The summed E-state index contributed by atoms with van der Waals surface area (Å²) in [5.41, 5.74) is 5.88. The Balaban J connectivity index is 1.42. The molecular weight excluding hydrogens is 348 g/mol. The highest BCUT2D eigenvalue weighted by Crippen LogP contribution is 2.39. The molecule has 0 amide bonds. The SMILES string of the molecule is Cc1noc(C)c1-c1ccc(O[C@H]2c3ccccc3CC2N2CCCC2)cc1. The van der Waals surface area contributed by atoms with Gasteiger partial charge in [-0.3, -0.25) is 4.90 Å². The van der Waals surface area contributed by atoms with E-state index in [0.717, 1.165) is 34.8 Å². The summed E-state index contributed by atoms with van der Waals surface area (Å²) >= 11 is 0. The molecule has 4 heteroatoms. The maximum absolute atomic E-state index is 6.58. The maximum atomic E-state index is 6.58. The molecule has 0 N–H and O–H groups in total. The summed E-state index contributed by atoms with van der Waals surface area (Å²) in [6.07, 6.45) is 3.77. The van der Waals surface area contributed by atoms with E-state index in [1.54, 1.807) is 0 Å². The van der Waals surface area contributed by atoms with E-state index in [9.17, 15) is 0 Å². The van der Waals surface area contributed by atoms with Gasteiger partial charge >= 0.3 is 0 Å². The molecule has 0 saturated carbocycles. The summed E-state index contributed by atoms with van der Waals surface area (Å²) in [6.45, 7) is 6.30. The van der Waals surface area contributed by atoms with Crippen LogP contribution < -0.4 is 4.74 Å². The van der Waals surface area contributed by atoms with Gasteiger partial charge in [0.25, 0.3) is 0 Å². The Hall–Kier alpha value is -2.59. The number of likely N-dealkylation sites (tertiary alicyclic amines) is 1. The zero-order chi connectivity index (χ0) is 19.1. The van der Waals surface area contributed by atoms with Crippen LogP contribution in [-0.2, 0) is 6.42 Å². The average molecular weight is 374 g/mol. The van der Waals surface area contributed by atoms with Crippen LogP contribution in [0.25, 0.3) is 11.1 Å². The molecule has 0 radical (unpaired) electrons. The normalized spacial score (nSPS) is 21.8. The molecule has 3 aromatic rings. The van der Waals surface area contributed by atoms with E-state index in [1.165, 1.54) is 37.1 Å². The van der Waals surface area contributed by atoms with Crippen molar-refractivity contribution < 1.29 is 9.26 Å². The Kier molecular flexibility index (Phi) is 4.44. The lowest BCUT2D eigenvalue weighted by atomic mass is 10.0. The Morgan fingerprint density at radius 1 is 1.00 bits per heavy atom. The summed E-state index contributed by atoms with van der Waals surface area (Å²) in [7, 11) is 0. The van der Waals surface area contributed by atoms with Crippen molar-refractivity contribution in [3.63, 3.8) is 0 Å². The molecule has 1 aromatic heterocycles. The molecule has 144 valence electrons. The number of fused-ring (bicyclic) bond motifs is 1. The van der Waals surface area contributed by atoms with Gasteiger partial charge in [-0.15, -0.1) is 0 Å². The standard InChI is InChI=1S/C24H26N2O2/c1-16-23(17(2)28-25-16)18-9-11-20(12-10-18)27-24-21-8-4-3-7-19(21)15-22(24)26-13-5-6-14-26/h3-4,7-12,22,24H,5-6,13-15H2,1-2H3/t22?,24-/m0/s1. The molecule has 2 aliphatic rings. The van der Waals surface area contributed by atoms with E-state index in [4.69, 9.17) is 9.26 Å². The monoisotopic (exact) mass is 374 g/mol. The first-order valence-corrected chi connectivity index (χ1v) is 10.2. The summed E-state index contributed by atoms with van der Waals surface area (Å²) in [5, 5.41) is 4.07. The number of aryl methyl sites for hydroxylation is 2. The first-order valence-electron chi connectivity index (χ1n) is 10.2. The van der Waals surface area contributed by atoms with E-state index in [0.29, 0.717) is 6.04 Å². The number of aromatic nitrogens is 1. The van der Waals surface area contributed by atoms with Gasteiger partial charge in [0.05, 0.1) is 11.7 Å². The minimum Gasteiger partial charge on any atom is -0.484 e. The molecular formula is C24H26N2O2. The molecule has 4 nitrogen and oxygen atoms in total. The van der Waals surface area contributed by atoms with Crippen LogP contribution in [0.5, 0.6) is 5.75 Å². The Morgan fingerprint density at radius 2 is 1.75 bits per heavy atom. The van der Waals surface area contributed by atoms with Gasteiger partial charge in [-0.1, -0.05) is 41.6 Å². The molecule has 1 aliphatic carbocycles. The van der Waals surface area contributed by atoms with Crippen LogP contribution in [0.3, 0.4) is 0 Å². The fraction of sp³-hybridized carbons (Fsp3) is 0.375. The quantitative estimate of drug-likeness (QED) is 0.637. The molecule has 1 saturated heterocycles. The van der Waals surface area contributed by atoms with Gasteiger partial charge in [-0.2, -0.15) is 0 Å². The fourth-order valence-corrected chi connectivity index (χ4v) is 4.82. The van der Waals surface area contributed by atoms with Crippen LogP contribution >= 0.6 is 0 Å². The second kappa shape index (κ2) is 7.10. The zero-order valence-corrected chi connectivity index (χ0v) is 16.5. The van der Waals surface area contributed by atoms with Gasteiger partial charge in [0, 0.05) is 5.56 Å². The molecule has 2 heterocycles. The zero-order valence-electron chi connectivity index (χ0n) is 16.5. The van der Waals surface area contributed by atoms with Crippen LogP contribution in [0.1, 0.15) is 41.5 Å². The van der Waals surface area contributed by atoms with Gasteiger partial charge in [0.15, 0.2) is 0 Å². The lowest BCUT2D eigenvalue weighted by Crippen LogP contribution is -2.37. The summed E-state index contributed by atoms with van der Waals surface area (Å²) < 4.78 is 11.9. The summed E-state index contributed by atoms with van der Waals surface area (Å²) in [6, 6.07) is 17.5. The Bertz CT molecular complexity index is 951. The molecule has 0 spiro atoms. The molecule has 1 aliphatic heterocycles. The van der Waals surface area contributed by atoms with Crippen molar-refractivity contribution in [1.82, 2.24) is 10.1 Å². The van der Waals surface area contributed by atoms with Gasteiger partial charge in [-0.05, 0) is 75.0 Å². The largest absolute Gasteiger partial charge is 0.484 e. The van der Waals surface area contributed by atoms with Crippen molar-refractivity contribution in [2.75, 3.05) is 13.1 Å². The number of hydrogen-bond acceptors (Lipinski definition) is 4.